The van der Waals surface area contributed by atoms with Crippen LogP contribution in [0.2, 0.25) is 0 Å². The number of aromatic nitrogens is 2. The van der Waals surface area contributed by atoms with Gasteiger partial charge in [-0.05, 0) is 61.9 Å². The number of ether oxygens (including phenoxy) is 1. The summed E-state index contributed by atoms with van der Waals surface area (Å²) in [6, 6.07) is 13.1. The molecule has 3 aromatic rings. The lowest BCUT2D eigenvalue weighted by Crippen LogP contribution is -2.26. The van der Waals surface area contributed by atoms with E-state index in [0.29, 0.717) is 29.1 Å². The van der Waals surface area contributed by atoms with E-state index in [4.69, 9.17) is 4.98 Å². The Morgan fingerprint density at radius 2 is 1.89 bits per heavy atom. The molecule has 0 spiro atoms. The first-order chi connectivity index (χ1) is 16.9. The van der Waals surface area contributed by atoms with E-state index < -0.39 is 12.3 Å². The highest BCUT2D eigenvalue weighted by atomic mass is 19.4. The van der Waals surface area contributed by atoms with Crippen LogP contribution in [0.3, 0.4) is 0 Å². The Balaban J connectivity index is 1.38. The first-order valence-corrected chi connectivity index (χ1v) is 11.7. The molecule has 1 unspecified atom stereocenters. The van der Waals surface area contributed by atoms with Crippen LogP contribution in [0.25, 0.3) is 11.3 Å². The van der Waals surface area contributed by atoms with Crippen LogP contribution in [0.15, 0.2) is 54.7 Å². The molecule has 1 N–H and O–H groups in total. The predicted octanol–water partition coefficient (Wildman–Crippen LogP) is 5.70. The van der Waals surface area contributed by atoms with Crippen LogP contribution in [0.5, 0.6) is 5.75 Å². The van der Waals surface area contributed by atoms with Gasteiger partial charge in [-0.2, -0.15) is 0 Å². The second-order valence-corrected chi connectivity index (χ2v) is 8.85. The number of nitrogens with zero attached hydrogens (tertiary/aromatic N) is 3. The molecule has 1 aliphatic heterocycles. The topological polar surface area (TPSA) is 67.4 Å². The van der Waals surface area contributed by atoms with Crippen LogP contribution in [0, 0.1) is 0 Å². The minimum atomic E-state index is -4.77. The third-order valence-electron chi connectivity index (χ3n) is 6.40. The van der Waals surface area contributed by atoms with Crippen LogP contribution in [-0.4, -0.2) is 35.3 Å². The van der Waals surface area contributed by atoms with Gasteiger partial charge in [-0.1, -0.05) is 18.2 Å². The molecule has 1 saturated heterocycles. The molecular formula is C26H25F3N4O2. The van der Waals surface area contributed by atoms with E-state index in [-0.39, 0.29) is 11.7 Å². The zero-order chi connectivity index (χ0) is 24.4. The molecule has 0 bridgehead atoms. The second kappa shape index (κ2) is 9.56. The average molecular weight is 483 g/mol. The van der Waals surface area contributed by atoms with Crippen LogP contribution < -0.4 is 15.0 Å². The molecule has 0 saturated carbocycles. The van der Waals surface area contributed by atoms with Crippen LogP contribution in [0.1, 0.15) is 42.9 Å². The molecule has 6 nitrogen and oxygen atoms in total. The van der Waals surface area contributed by atoms with Gasteiger partial charge in [0.05, 0.1) is 17.3 Å². The molecule has 1 fully saturated rings. The molecule has 0 radical (unpaired) electrons. The zero-order valence-electron chi connectivity index (χ0n) is 19.0. The summed E-state index contributed by atoms with van der Waals surface area (Å²) in [6.07, 6.45) is 1.51. The van der Waals surface area contributed by atoms with Gasteiger partial charge in [0.1, 0.15) is 11.6 Å². The lowest BCUT2D eigenvalue weighted by molar-refractivity contribution is -0.274. The highest BCUT2D eigenvalue weighted by molar-refractivity contribution is 5.96. The molecule has 1 aromatic carbocycles. The zero-order valence-corrected chi connectivity index (χ0v) is 19.0. The van der Waals surface area contributed by atoms with Crippen molar-refractivity contribution in [1.29, 1.82) is 0 Å². The number of fused-ring (bicyclic) bond motifs is 1. The molecule has 5 rings (SSSR count). The van der Waals surface area contributed by atoms with Crippen LogP contribution >= 0.6 is 0 Å². The highest BCUT2D eigenvalue weighted by Gasteiger charge is 2.31. The van der Waals surface area contributed by atoms with Crippen molar-refractivity contribution in [3.63, 3.8) is 0 Å². The molecular weight excluding hydrogens is 457 g/mol. The molecule has 35 heavy (non-hydrogen) atoms. The minimum Gasteiger partial charge on any atom is -0.406 e. The van der Waals surface area contributed by atoms with E-state index >= 15 is 0 Å². The SMILES string of the molecule is O=C(Nc1ccnc(N2CCCC2)c1)C1CCCc2ccc(-c3cccc(OC(F)(F)F)c3)nc21. The maximum atomic E-state index is 13.3. The van der Waals surface area contributed by atoms with Crippen molar-refractivity contribution < 1.29 is 22.7 Å². The van der Waals surface area contributed by atoms with Crippen molar-refractivity contribution >= 4 is 17.4 Å². The first kappa shape index (κ1) is 23.1. The number of rotatable bonds is 5. The number of aryl methyl sites for hydroxylation is 1. The second-order valence-electron chi connectivity index (χ2n) is 8.85. The first-order valence-electron chi connectivity index (χ1n) is 11.7. The Hall–Kier alpha value is -3.62. The molecule has 1 aliphatic carbocycles. The summed E-state index contributed by atoms with van der Waals surface area (Å²) < 4.78 is 42.0. The van der Waals surface area contributed by atoms with Crippen molar-refractivity contribution in [1.82, 2.24) is 9.97 Å². The number of carbonyl (C=O) groups is 1. The van der Waals surface area contributed by atoms with E-state index in [1.165, 1.54) is 18.2 Å². The van der Waals surface area contributed by atoms with Crippen molar-refractivity contribution in [3.8, 4) is 17.0 Å². The number of halogens is 3. The van der Waals surface area contributed by atoms with Crippen molar-refractivity contribution in [2.75, 3.05) is 23.3 Å². The molecule has 9 heteroatoms. The van der Waals surface area contributed by atoms with Crippen LogP contribution in [-0.2, 0) is 11.2 Å². The molecule has 2 aliphatic rings. The third-order valence-corrected chi connectivity index (χ3v) is 6.40. The normalized spacial score (nSPS) is 17.7. The predicted molar refractivity (Wildman–Crippen MR) is 126 cm³/mol. The minimum absolute atomic E-state index is 0.150. The van der Waals surface area contributed by atoms with Gasteiger partial charge in [0.2, 0.25) is 5.91 Å². The Morgan fingerprint density at radius 1 is 1.06 bits per heavy atom. The van der Waals surface area contributed by atoms with Gasteiger partial charge in [-0.3, -0.25) is 9.78 Å². The van der Waals surface area contributed by atoms with Gasteiger partial charge in [0, 0.05) is 36.6 Å². The third kappa shape index (κ3) is 5.39. The number of amides is 1. The Morgan fingerprint density at radius 3 is 2.69 bits per heavy atom. The number of pyridine rings is 2. The molecule has 182 valence electrons. The summed E-state index contributed by atoms with van der Waals surface area (Å²) in [6.45, 7) is 1.92. The largest absolute Gasteiger partial charge is 0.573 e. The quantitative estimate of drug-likeness (QED) is 0.505. The van der Waals surface area contributed by atoms with E-state index in [1.54, 1.807) is 24.4 Å². The van der Waals surface area contributed by atoms with Gasteiger partial charge in [0.15, 0.2) is 0 Å². The van der Waals surface area contributed by atoms with Gasteiger partial charge in [-0.15, -0.1) is 13.2 Å². The van der Waals surface area contributed by atoms with Gasteiger partial charge >= 0.3 is 6.36 Å². The Kier molecular flexibility index (Phi) is 6.32. The standard InChI is InChI=1S/C26H25F3N4O2/c27-26(28,29)35-20-7-3-6-18(15-20)22-10-9-17-5-4-8-21(24(17)32-22)25(34)31-19-11-12-30-23(16-19)33-13-1-2-14-33/h3,6-7,9-12,15-16,21H,1-2,4-5,8,13-14H2,(H,30,31,34). The van der Waals surface area contributed by atoms with Gasteiger partial charge < -0.3 is 15.0 Å². The molecule has 1 atom stereocenters. The molecule has 1 amide bonds. The maximum absolute atomic E-state index is 13.3. The van der Waals surface area contributed by atoms with Crippen molar-refractivity contribution in [3.05, 3.63) is 66.0 Å². The van der Waals surface area contributed by atoms with Gasteiger partial charge in [0.25, 0.3) is 0 Å². The number of benzene rings is 1. The summed E-state index contributed by atoms with van der Waals surface area (Å²) in [7, 11) is 0. The maximum Gasteiger partial charge on any atom is 0.573 e. The summed E-state index contributed by atoms with van der Waals surface area (Å²) >= 11 is 0. The number of alkyl halides is 3. The van der Waals surface area contributed by atoms with Crippen LogP contribution in [0.4, 0.5) is 24.7 Å². The van der Waals surface area contributed by atoms with E-state index in [1.807, 2.05) is 12.1 Å². The number of nitrogens with one attached hydrogen (secondary N) is 1. The lowest BCUT2D eigenvalue weighted by atomic mass is 9.85. The fraction of sp³-hybridized carbons (Fsp3) is 0.346. The monoisotopic (exact) mass is 482 g/mol. The van der Waals surface area contributed by atoms with Crippen molar-refractivity contribution in [2.24, 2.45) is 0 Å². The number of hydrogen-bond acceptors (Lipinski definition) is 5. The molecule has 3 heterocycles. The number of hydrogen-bond donors (Lipinski definition) is 1. The van der Waals surface area contributed by atoms with Gasteiger partial charge in [-0.25, -0.2) is 4.98 Å². The van der Waals surface area contributed by atoms with Crippen molar-refractivity contribution in [2.45, 2.75) is 44.4 Å². The fourth-order valence-electron chi connectivity index (χ4n) is 4.76. The van der Waals surface area contributed by atoms with E-state index in [2.05, 4.69) is 19.9 Å². The average Bonchev–Trinajstić information content (AvgIpc) is 3.38. The Labute approximate surface area is 201 Å². The van der Waals surface area contributed by atoms with E-state index in [9.17, 15) is 18.0 Å². The molecule has 2 aromatic heterocycles. The Bertz CT molecular complexity index is 1230. The van der Waals surface area contributed by atoms with E-state index in [0.717, 1.165) is 50.2 Å². The number of carbonyl (C=O) groups excluding carboxylic acids is 1. The summed E-state index contributed by atoms with van der Waals surface area (Å²) in [5, 5.41) is 3.02. The number of anilines is 2. The fourth-order valence-corrected chi connectivity index (χ4v) is 4.76. The summed E-state index contributed by atoms with van der Waals surface area (Å²) in [5.41, 5.74) is 3.32. The highest BCUT2D eigenvalue weighted by Crippen LogP contribution is 2.34. The smallest absolute Gasteiger partial charge is 0.406 e. The lowest BCUT2D eigenvalue weighted by Gasteiger charge is -2.25. The summed E-state index contributed by atoms with van der Waals surface area (Å²) in [5.74, 6) is -0.0546. The summed E-state index contributed by atoms with van der Waals surface area (Å²) in [4.78, 5) is 24.7.